The highest BCUT2D eigenvalue weighted by molar-refractivity contribution is 5.77. The van der Waals surface area contributed by atoms with Crippen LogP contribution in [0.5, 0.6) is 0 Å². The van der Waals surface area contributed by atoms with E-state index >= 15 is 0 Å². The highest BCUT2D eigenvalue weighted by Crippen LogP contribution is 2.21. The summed E-state index contributed by atoms with van der Waals surface area (Å²) in [5, 5.41) is 3.43. The van der Waals surface area contributed by atoms with Gasteiger partial charge in [-0.2, -0.15) is 0 Å². The quantitative estimate of drug-likeness (QED) is 0.600. The van der Waals surface area contributed by atoms with E-state index in [1.54, 1.807) is 12.5 Å². The van der Waals surface area contributed by atoms with Crippen LogP contribution in [0, 0.1) is 0 Å². The topological polar surface area (TPSA) is 58.5 Å². The average molecular weight is 303 g/mol. The predicted molar refractivity (Wildman–Crippen MR) is 91.7 cm³/mol. The van der Waals surface area contributed by atoms with Gasteiger partial charge in [-0.15, -0.1) is 0 Å². The normalized spacial score (nSPS) is 12.4. The summed E-state index contributed by atoms with van der Waals surface area (Å²) < 4.78 is 2.00. The molecule has 2 heterocycles. The molecule has 2 N–H and O–H groups in total. The van der Waals surface area contributed by atoms with Gasteiger partial charge in [-0.3, -0.25) is 0 Å². The first-order valence-corrected chi connectivity index (χ1v) is 7.59. The second-order valence-corrected chi connectivity index (χ2v) is 5.53. The number of para-hydroxylation sites is 2. The Morgan fingerprint density at radius 3 is 2.87 bits per heavy atom. The number of nitrogens with one attached hydrogen (secondary N) is 2. The molecule has 0 fully saturated rings. The molecule has 2 aromatic heterocycles. The second-order valence-electron chi connectivity index (χ2n) is 5.53. The van der Waals surface area contributed by atoms with Gasteiger partial charge in [-0.05, 0) is 36.8 Å². The number of nitrogens with zero attached hydrogens (tertiary/aromatic N) is 3. The first kappa shape index (κ1) is 13.6. The summed E-state index contributed by atoms with van der Waals surface area (Å²) in [4.78, 5) is 12.0. The lowest BCUT2D eigenvalue weighted by Crippen LogP contribution is -2.08. The lowest BCUT2D eigenvalue weighted by atomic mass is 10.1. The van der Waals surface area contributed by atoms with E-state index in [-0.39, 0.29) is 6.04 Å². The molecule has 1 atom stereocenters. The molecule has 0 aliphatic carbocycles. The van der Waals surface area contributed by atoms with E-state index in [9.17, 15) is 0 Å². The lowest BCUT2D eigenvalue weighted by Gasteiger charge is -2.14. The summed E-state index contributed by atoms with van der Waals surface area (Å²) in [6.07, 6.45) is 5.52. The zero-order valence-corrected chi connectivity index (χ0v) is 12.8. The van der Waals surface area contributed by atoms with Crippen LogP contribution in [-0.2, 0) is 0 Å². The molecule has 0 amide bonds. The molecule has 0 aliphatic heterocycles. The summed E-state index contributed by atoms with van der Waals surface area (Å²) in [5.41, 5.74) is 4.29. The molecule has 1 unspecified atom stereocenters. The molecule has 0 aliphatic rings. The Morgan fingerprint density at radius 2 is 2.04 bits per heavy atom. The molecule has 0 saturated heterocycles. The van der Waals surface area contributed by atoms with E-state index in [0.717, 1.165) is 22.7 Å². The number of rotatable bonds is 4. The smallest absolute Gasteiger partial charge is 0.201 e. The Balaban J connectivity index is 1.59. The molecule has 4 aromatic rings. The van der Waals surface area contributed by atoms with Gasteiger partial charge in [0.15, 0.2) is 0 Å². The van der Waals surface area contributed by atoms with Crippen LogP contribution in [0.4, 0.5) is 5.95 Å². The van der Waals surface area contributed by atoms with Crippen LogP contribution in [0.1, 0.15) is 18.5 Å². The standard InChI is InChI=1S/C18H17N5/c1-13(20-18-21-16-7-2-3-8-17(16)22-18)14-5-4-6-15(11-14)23-10-9-19-12-23/h2-13H,1H3,(H2,20,21,22). The molecule has 0 bridgehead atoms. The van der Waals surface area contributed by atoms with E-state index in [4.69, 9.17) is 0 Å². The SMILES string of the molecule is CC(Nc1nc2ccccc2[nH]1)c1cccc(-n2ccnc2)c1. The second kappa shape index (κ2) is 5.61. The predicted octanol–water partition coefficient (Wildman–Crippen LogP) is 3.92. The number of hydrogen-bond acceptors (Lipinski definition) is 3. The van der Waals surface area contributed by atoms with Crippen LogP contribution in [0.25, 0.3) is 16.7 Å². The number of imidazole rings is 2. The van der Waals surface area contributed by atoms with Gasteiger partial charge in [0.1, 0.15) is 0 Å². The number of anilines is 1. The number of hydrogen-bond donors (Lipinski definition) is 2. The number of H-pyrrole nitrogens is 1. The third-order valence-electron chi connectivity index (χ3n) is 3.92. The van der Waals surface area contributed by atoms with E-state index in [0.29, 0.717) is 0 Å². The van der Waals surface area contributed by atoms with Crippen molar-refractivity contribution in [1.29, 1.82) is 0 Å². The Kier molecular flexibility index (Phi) is 3.31. The van der Waals surface area contributed by atoms with Gasteiger partial charge in [0.05, 0.1) is 23.4 Å². The van der Waals surface area contributed by atoms with Crippen molar-refractivity contribution in [1.82, 2.24) is 19.5 Å². The van der Waals surface area contributed by atoms with Gasteiger partial charge >= 0.3 is 0 Å². The van der Waals surface area contributed by atoms with Crippen molar-refractivity contribution in [2.45, 2.75) is 13.0 Å². The van der Waals surface area contributed by atoms with Crippen LogP contribution in [0.2, 0.25) is 0 Å². The fraction of sp³-hybridized carbons (Fsp3) is 0.111. The van der Waals surface area contributed by atoms with Crippen molar-refractivity contribution in [2.24, 2.45) is 0 Å². The highest BCUT2D eigenvalue weighted by atomic mass is 15.1. The minimum Gasteiger partial charge on any atom is -0.349 e. The first-order valence-electron chi connectivity index (χ1n) is 7.59. The number of aromatic nitrogens is 4. The minimum atomic E-state index is 0.138. The Labute approximate surface area is 134 Å². The van der Waals surface area contributed by atoms with Crippen LogP contribution in [-0.4, -0.2) is 19.5 Å². The van der Waals surface area contributed by atoms with Gasteiger partial charge in [-0.1, -0.05) is 24.3 Å². The Bertz CT molecular complexity index is 890. The third-order valence-corrected chi connectivity index (χ3v) is 3.92. The zero-order valence-electron chi connectivity index (χ0n) is 12.8. The summed E-state index contributed by atoms with van der Waals surface area (Å²) >= 11 is 0. The van der Waals surface area contributed by atoms with Crippen molar-refractivity contribution in [3.63, 3.8) is 0 Å². The molecule has 0 saturated carbocycles. The zero-order chi connectivity index (χ0) is 15.6. The monoisotopic (exact) mass is 303 g/mol. The average Bonchev–Trinajstić information content (AvgIpc) is 3.24. The van der Waals surface area contributed by atoms with Gasteiger partial charge in [0.25, 0.3) is 0 Å². The van der Waals surface area contributed by atoms with E-state index in [1.165, 1.54) is 5.56 Å². The molecular formula is C18H17N5. The van der Waals surface area contributed by atoms with Crippen LogP contribution < -0.4 is 5.32 Å². The fourth-order valence-electron chi connectivity index (χ4n) is 2.68. The number of aromatic amines is 1. The first-order chi connectivity index (χ1) is 11.3. The molecule has 2 aromatic carbocycles. The molecule has 23 heavy (non-hydrogen) atoms. The number of benzene rings is 2. The van der Waals surface area contributed by atoms with Crippen molar-refractivity contribution >= 4 is 17.0 Å². The van der Waals surface area contributed by atoms with E-state index in [2.05, 4.69) is 51.5 Å². The number of fused-ring (bicyclic) bond motifs is 1. The molecule has 0 spiro atoms. The fourth-order valence-corrected chi connectivity index (χ4v) is 2.68. The van der Waals surface area contributed by atoms with Crippen LogP contribution >= 0.6 is 0 Å². The molecule has 0 radical (unpaired) electrons. The van der Waals surface area contributed by atoms with Crippen molar-refractivity contribution in [2.75, 3.05) is 5.32 Å². The van der Waals surface area contributed by atoms with Crippen molar-refractivity contribution in [3.8, 4) is 5.69 Å². The molecular weight excluding hydrogens is 286 g/mol. The van der Waals surface area contributed by atoms with Gasteiger partial charge < -0.3 is 14.9 Å². The van der Waals surface area contributed by atoms with Gasteiger partial charge in [0, 0.05) is 18.1 Å². The van der Waals surface area contributed by atoms with Gasteiger partial charge in [-0.25, -0.2) is 9.97 Å². The van der Waals surface area contributed by atoms with Crippen molar-refractivity contribution < 1.29 is 0 Å². The minimum absolute atomic E-state index is 0.138. The molecule has 4 rings (SSSR count). The summed E-state index contributed by atoms with van der Waals surface area (Å²) in [5.74, 6) is 0.784. The summed E-state index contributed by atoms with van der Waals surface area (Å²) in [6, 6.07) is 16.6. The summed E-state index contributed by atoms with van der Waals surface area (Å²) in [7, 11) is 0. The largest absolute Gasteiger partial charge is 0.349 e. The Hall–Kier alpha value is -3.08. The van der Waals surface area contributed by atoms with Crippen LogP contribution in [0.3, 0.4) is 0 Å². The Morgan fingerprint density at radius 1 is 1.13 bits per heavy atom. The maximum absolute atomic E-state index is 4.57. The molecule has 114 valence electrons. The van der Waals surface area contributed by atoms with Gasteiger partial charge in [0.2, 0.25) is 5.95 Å². The van der Waals surface area contributed by atoms with Crippen molar-refractivity contribution in [3.05, 3.63) is 72.8 Å². The molecule has 5 nitrogen and oxygen atoms in total. The van der Waals surface area contributed by atoms with E-state index in [1.807, 2.05) is 35.0 Å². The molecule has 5 heteroatoms. The lowest BCUT2D eigenvalue weighted by molar-refractivity contribution is 0.865. The maximum atomic E-state index is 4.57. The highest BCUT2D eigenvalue weighted by Gasteiger charge is 2.09. The summed E-state index contributed by atoms with van der Waals surface area (Å²) in [6.45, 7) is 2.13. The van der Waals surface area contributed by atoms with Crippen LogP contribution in [0.15, 0.2) is 67.3 Å². The maximum Gasteiger partial charge on any atom is 0.201 e. The van der Waals surface area contributed by atoms with E-state index < -0.39 is 0 Å². The third kappa shape index (κ3) is 2.68.